The fraction of sp³-hybridized carbons (Fsp3) is 0.273. The third kappa shape index (κ3) is 3.31. The molecule has 90 valence electrons. The van der Waals surface area contributed by atoms with Crippen molar-refractivity contribution in [2.24, 2.45) is 5.73 Å². The lowest BCUT2D eigenvalue weighted by molar-refractivity contribution is 0.251. The molecule has 1 aromatic carbocycles. The van der Waals surface area contributed by atoms with Gasteiger partial charge < -0.3 is 16.4 Å². The number of amides is 2. The highest BCUT2D eigenvalue weighted by Gasteiger charge is 2.23. The second-order valence-electron chi connectivity index (χ2n) is 3.93. The van der Waals surface area contributed by atoms with E-state index in [2.05, 4.69) is 10.6 Å². The minimum atomic E-state index is -0.257. The van der Waals surface area contributed by atoms with Gasteiger partial charge in [0.2, 0.25) is 0 Å². The van der Waals surface area contributed by atoms with Crippen LogP contribution in [-0.4, -0.2) is 17.1 Å². The van der Waals surface area contributed by atoms with Gasteiger partial charge in [0.15, 0.2) is 0 Å². The highest BCUT2D eigenvalue weighted by atomic mass is 35.5. The standard InChI is InChI=1S/C11H12ClN3OS/c12-6-1-4-8(10(13)17)9(5-6)15-11(16)14-7-2-3-7/h1,4-5,7H,2-3H2,(H2,13,17)(H2,14,15,16). The first kappa shape index (κ1) is 12.1. The van der Waals surface area contributed by atoms with Crippen molar-refractivity contribution >= 4 is 40.5 Å². The molecule has 4 nitrogen and oxygen atoms in total. The van der Waals surface area contributed by atoms with E-state index in [4.69, 9.17) is 29.6 Å². The van der Waals surface area contributed by atoms with Crippen molar-refractivity contribution in [1.82, 2.24) is 5.32 Å². The van der Waals surface area contributed by atoms with Crippen LogP contribution in [0.5, 0.6) is 0 Å². The number of carbonyl (C=O) groups is 1. The number of benzene rings is 1. The van der Waals surface area contributed by atoms with Crippen LogP contribution in [0.4, 0.5) is 10.5 Å². The zero-order chi connectivity index (χ0) is 12.4. The van der Waals surface area contributed by atoms with Crippen molar-refractivity contribution in [2.45, 2.75) is 18.9 Å². The summed E-state index contributed by atoms with van der Waals surface area (Å²) < 4.78 is 0. The van der Waals surface area contributed by atoms with Crippen molar-refractivity contribution in [3.63, 3.8) is 0 Å². The minimum Gasteiger partial charge on any atom is -0.389 e. The molecule has 1 aliphatic carbocycles. The lowest BCUT2D eigenvalue weighted by Gasteiger charge is -2.11. The van der Waals surface area contributed by atoms with Gasteiger partial charge in [0.25, 0.3) is 0 Å². The Bertz CT molecular complexity index is 474. The van der Waals surface area contributed by atoms with Crippen LogP contribution >= 0.6 is 23.8 Å². The van der Waals surface area contributed by atoms with Crippen LogP contribution in [0.25, 0.3) is 0 Å². The lowest BCUT2D eigenvalue weighted by Crippen LogP contribution is -2.31. The van der Waals surface area contributed by atoms with Gasteiger partial charge in [0, 0.05) is 16.6 Å². The molecule has 6 heteroatoms. The number of urea groups is 1. The Kier molecular flexibility index (Phi) is 3.49. The van der Waals surface area contributed by atoms with Gasteiger partial charge in [-0.2, -0.15) is 0 Å². The Morgan fingerprint density at radius 2 is 2.18 bits per heavy atom. The van der Waals surface area contributed by atoms with E-state index in [-0.39, 0.29) is 11.0 Å². The number of nitrogens with two attached hydrogens (primary N) is 1. The molecule has 0 atom stereocenters. The maximum atomic E-state index is 11.6. The first-order valence-corrected chi connectivity index (χ1v) is 6.02. The van der Waals surface area contributed by atoms with Crippen LogP contribution in [0.1, 0.15) is 18.4 Å². The number of carbonyl (C=O) groups excluding carboxylic acids is 1. The molecule has 1 saturated carbocycles. The molecule has 1 fully saturated rings. The van der Waals surface area contributed by atoms with Crippen LogP contribution < -0.4 is 16.4 Å². The maximum Gasteiger partial charge on any atom is 0.319 e. The van der Waals surface area contributed by atoms with Crippen molar-refractivity contribution in [1.29, 1.82) is 0 Å². The Morgan fingerprint density at radius 3 is 2.76 bits per heavy atom. The summed E-state index contributed by atoms with van der Waals surface area (Å²) in [6, 6.07) is 5.04. The number of anilines is 1. The van der Waals surface area contributed by atoms with Crippen LogP contribution in [0, 0.1) is 0 Å². The largest absolute Gasteiger partial charge is 0.389 e. The van der Waals surface area contributed by atoms with Crippen LogP contribution in [0.2, 0.25) is 5.02 Å². The van der Waals surface area contributed by atoms with E-state index < -0.39 is 0 Å². The summed E-state index contributed by atoms with van der Waals surface area (Å²) in [4.78, 5) is 11.8. The molecular formula is C11H12ClN3OS. The van der Waals surface area contributed by atoms with E-state index in [0.717, 1.165) is 12.8 Å². The molecule has 2 amide bonds. The predicted molar refractivity (Wildman–Crippen MR) is 72.5 cm³/mol. The second-order valence-corrected chi connectivity index (χ2v) is 4.80. The van der Waals surface area contributed by atoms with Gasteiger partial charge in [-0.1, -0.05) is 23.8 Å². The summed E-state index contributed by atoms with van der Waals surface area (Å²) in [6.07, 6.45) is 2.07. The summed E-state index contributed by atoms with van der Waals surface area (Å²) in [5.74, 6) is 0. The molecule has 0 radical (unpaired) electrons. The molecule has 1 aliphatic rings. The lowest BCUT2D eigenvalue weighted by atomic mass is 10.2. The number of hydrogen-bond acceptors (Lipinski definition) is 2. The van der Waals surface area contributed by atoms with Crippen molar-refractivity contribution in [2.75, 3.05) is 5.32 Å². The van der Waals surface area contributed by atoms with Crippen molar-refractivity contribution < 1.29 is 4.79 Å². The molecule has 0 aliphatic heterocycles. The Balaban J connectivity index is 2.14. The van der Waals surface area contributed by atoms with Gasteiger partial charge in [0.1, 0.15) is 4.99 Å². The van der Waals surface area contributed by atoms with Gasteiger partial charge >= 0.3 is 6.03 Å². The predicted octanol–water partition coefficient (Wildman–Crippen LogP) is 2.26. The smallest absolute Gasteiger partial charge is 0.319 e. The summed E-state index contributed by atoms with van der Waals surface area (Å²) in [6.45, 7) is 0. The maximum absolute atomic E-state index is 11.6. The molecule has 0 aromatic heterocycles. The van der Waals surface area contributed by atoms with E-state index in [9.17, 15) is 4.79 Å². The summed E-state index contributed by atoms with van der Waals surface area (Å²) in [5, 5.41) is 6.03. The number of rotatable bonds is 3. The zero-order valence-electron chi connectivity index (χ0n) is 9.00. The summed E-state index contributed by atoms with van der Waals surface area (Å²) >= 11 is 10.8. The van der Waals surface area contributed by atoms with Gasteiger partial charge in [-0.25, -0.2) is 4.79 Å². The molecule has 2 rings (SSSR count). The second kappa shape index (κ2) is 4.89. The molecule has 0 spiro atoms. The molecule has 0 bridgehead atoms. The fourth-order valence-electron chi connectivity index (χ4n) is 1.41. The molecule has 0 unspecified atom stereocenters. The number of halogens is 1. The first-order chi connectivity index (χ1) is 8.06. The van der Waals surface area contributed by atoms with Gasteiger partial charge in [-0.15, -0.1) is 0 Å². The zero-order valence-corrected chi connectivity index (χ0v) is 10.6. The summed E-state index contributed by atoms with van der Waals surface area (Å²) in [5.41, 5.74) is 6.71. The number of hydrogen-bond donors (Lipinski definition) is 3. The third-order valence-electron chi connectivity index (χ3n) is 2.41. The topological polar surface area (TPSA) is 67.1 Å². The average molecular weight is 270 g/mol. The molecule has 4 N–H and O–H groups in total. The molecule has 1 aromatic rings. The van der Waals surface area contributed by atoms with Gasteiger partial charge in [0.05, 0.1) is 5.69 Å². The van der Waals surface area contributed by atoms with Crippen LogP contribution in [0.15, 0.2) is 18.2 Å². The normalized spacial score (nSPS) is 14.2. The Morgan fingerprint density at radius 1 is 1.47 bits per heavy atom. The van der Waals surface area contributed by atoms with E-state index in [1.54, 1.807) is 18.2 Å². The van der Waals surface area contributed by atoms with Gasteiger partial charge in [-0.3, -0.25) is 0 Å². The first-order valence-electron chi connectivity index (χ1n) is 5.23. The molecule has 0 saturated heterocycles. The fourth-order valence-corrected chi connectivity index (χ4v) is 1.76. The Labute approximate surface area is 110 Å². The van der Waals surface area contributed by atoms with E-state index in [1.807, 2.05) is 0 Å². The van der Waals surface area contributed by atoms with Crippen molar-refractivity contribution in [3.05, 3.63) is 28.8 Å². The molecular weight excluding hydrogens is 258 g/mol. The SMILES string of the molecule is NC(=S)c1ccc(Cl)cc1NC(=O)NC1CC1. The van der Waals surface area contributed by atoms with E-state index in [1.165, 1.54) is 0 Å². The quantitative estimate of drug-likeness (QED) is 0.738. The van der Waals surface area contributed by atoms with Crippen LogP contribution in [0.3, 0.4) is 0 Å². The number of nitrogens with one attached hydrogen (secondary N) is 2. The van der Waals surface area contributed by atoms with Gasteiger partial charge in [-0.05, 0) is 31.0 Å². The summed E-state index contributed by atoms with van der Waals surface area (Å²) in [7, 11) is 0. The molecule has 0 heterocycles. The van der Waals surface area contributed by atoms with E-state index in [0.29, 0.717) is 22.3 Å². The molecule has 17 heavy (non-hydrogen) atoms. The van der Waals surface area contributed by atoms with E-state index >= 15 is 0 Å². The highest BCUT2D eigenvalue weighted by molar-refractivity contribution is 7.80. The minimum absolute atomic E-state index is 0.225. The average Bonchev–Trinajstić information content (AvgIpc) is 3.00. The number of thiocarbonyl (C=S) groups is 1. The van der Waals surface area contributed by atoms with Crippen molar-refractivity contribution in [3.8, 4) is 0 Å². The van der Waals surface area contributed by atoms with Crippen LogP contribution in [-0.2, 0) is 0 Å². The Hall–Kier alpha value is -1.33. The third-order valence-corrected chi connectivity index (χ3v) is 2.86. The highest BCUT2D eigenvalue weighted by Crippen LogP contribution is 2.22. The monoisotopic (exact) mass is 269 g/mol.